The summed E-state index contributed by atoms with van der Waals surface area (Å²) in [7, 11) is 4.23. The molecule has 1 N–H and O–H groups in total. The van der Waals surface area contributed by atoms with E-state index in [1.807, 2.05) is 12.3 Å². The van der Waals surface area contributed by atoms with Gasteiger partial charge in [0.2, 0.25) is 0 Å². The number of aromatic nitrogens is 2. The molecular weight excluding hydrogens is 414 g/mol. The summed E-state index contributed by atoms with van der Waals surface area (Å²) < 4.78 is 2.37. The lowest BCUT2D eigenvalue weighted by atomic mass is 9.96. The highest BCUT2D eigenvalue weighted by molar-refractivity contribution is 7.80. The third-order valence-electron chi connectivity index (χ3n) is 6.35. The van der Waals surface area contributed by atoms with Gasteiger partial charge in [0.1, 0.15) is 0 Å². The van der Waals surface area contributed by atoms with Crippen LogP contribution in [-0.4, -0.2) is 51.6 Å². The number of hydrogen-bond donors (Lipinski definition) is 1. The van der Waals surface area contributed by atoms with Crippen molar-refractivity contribution in [2.24, 2.45) is 0 Å². The van der Waals surface area contributed by atoms with Crippen LogP contribution in [0.25, 0.3) is 5.69 Å². The molecule has 3 aromatic rings. The number of thiocarbonyl (C=S) groups is 1. The third-order valence-corrected chi connectivity index (χ3v) is 6.70. The lowest BCUT2D eigenvalue weighted by Gasteiger charge is -2.28. The lowest BCUT2D eigenvalue weighted by molar-refractivity contribution is 0.292. The monoisotopic (exact) mass is 447 g/mol. The van der Waals surface area contributed by atoms with Gasteiger partial charge in [-0.1, -0.05) is 24.3 Å². The summed E-state index contributed by atoms with van der Waals surface area (Å²) in [6.45, 7) is 8.53. The standard InChI is InChI=1S/C26H33N5S/c1-18-11-6-7-13-23(18)31-19(2)17-21(20(31)3)25-24(22-12-8-9-14-27-22)28-26(32)30(25)16-10-15-29(4)5/h6-9,11-14,17,24-25H,10,15-16H2,1-5H3,(H,28,32)/t24-,25+/m0/s1. The van der Waals surface area contributed by atoms with Gasteiger partial charge >= 0.3 is 0 Å². The number of para-hydroxylation sites is 1. The summed E-state index contributed by atoms with van der Waals surface area (Å²) in [4.78, 5) is 9.27. The molecule has 1 saturated heterocycles. The second-order valence-electron chi connectivity index (χ2n) is 8.93. The Kier molecular flexibility index (Phi) is 6.63. The van der Waals surface area contributed by atoms with Crippen LogP contribution in [-0.2, 0) is 0 Å². The van der Waals surface area contributed by atoms with E-state index in [2.05, 4.69) is 102 Å². The Morgan fingerprint density at radius 1 is 1.06 bits per heavy atom. The molecule has 1 aliphatic rings. The molecule has 1 fully saturated rings. The number of aryl methyl sites for hydroxylation is 2. The SMILES string of the molecule is Cc1ccccc1-n1c(C)cc([C@@H]2[C@H](c3ccccn3)NC(=S)N2CCCN(C)C)c1C. The number of nitrogens with zero attached hydrogens (tertiary/aromatic N) is 4. The van der Waals surface area contributed by atoms with Crippen LogP contribution in [0.2, 0.25) is 0 Å². The molecule has 0 radical (unpaired) electrons. The van der Waals surface area contributed by atoms with E-state index < -0.39 is 0 Å². The Hall–Kier alpha value is -2.70. The molecule has 0 bridgehead atoms. The molecular formula is C26H33N5S. The van der Waals surface area contributed by atoms with Crippen molar-refractivity contribution in [1.82, 2.24) is 24.7 Å². The number of benzene rings is 1. The van der Waals surface area contributed by atoms with Crippen molar-refractivity contribution in [1.29, 1.82) is 0 Å². The quantitative estimate of drug-likeness (QED) is 0.530. The van der Waals surface area contributed by atoms with E-state index in [4.69, 9.17) is 12.2 Å². The smallest absolute Gasteiger partial charge is 0.170 e. The van der Waals surface area contributed by atoms with Crippen molar-refractivity contribution in [2.75, 3.05) is 27.2 Å². The zero-order valence-electron chi connectivity index (χ0n) is 19.7. The number of rotatable bonds is 7. The van der Waals surface area contributed by atoms with Crippen LogP contribution in [0, 0.1) is 20.8 Å². The topological polar surface area (TPSA) is 36.3 Å². The zero-order valence-corrected chi connectivity index (χ0v) is 20.5. The normalized spacial score (nSPS) is 18.4. The molecule has 1 aromatic carbocycles. The zero-order chi connectivity index (χ0) is 22.8. The Morgan fingerprint density at radius 3 is 2.50 bits per heavy atom. The first-order chi connectivity index (χ1) is 15.4. The van der Waals surface area contributed by atoms with Gasteiger partial charge in [0, 0.05) is 29.8 Å². The molecule has 0 amide bonds. The van der Waals surface area contributed by atoms with Gasteiger partial charge in [-0.25, -0.2) is 0 Å². The summed E-state index contributed by atoms with van der Waals surface area (Å²) in [6, 6.07) is 17.1. The summed E-state index contributed by atoms with van der Waals surface area (Å²) >= 11 is 5.84. The van der Waals surface area contributed by atoms with Gasteiger partial charge < -0.3 is 19.7 Å². The number of nitrogens with one attached hydrogen (secondary N) is 1. The molecule has 0 aliphatic carbocycles. The van der Waals surface area contributed by atoms with Crippen LogP contribution < -0.4 is 5.32 Å². The second-order valence-corrected chi connectivity index (χ2v) is 9.31. The van der Waals surface area contributed by atoms with Gasteiger partial charge in [-0.3, -0.25) is 4.98 Å². The molecule has 1 aliphatic heterocycles. The van der Waals surface area contributed by atoms with Gasteiger partial charge in [0.25, 0.3) is 0 Å². The van der Waals surface area contributed by atoms with Gasteiger partial charge in [-0.15, -0.1) is 0 Å². The molecule has 0 spiro atoms. The van der Waals surface area contributed by atoms with Crippen LogP contribution in [0.3, 0.4) is 0 Å². The van der Waals surface area contributed by atoms with E-state index >= 15 is 0 Å². The lowest BCUT2D eigenvalue weighted by Crippen LogP contribution is -2.32. The summed E-state index contributed by atoms with van der Waals surface area (Å²) in [5, 5.41) is 4.40. The number of pyridine rings is 1. The summed E-state index contributed by atoms with van der Waals surface area (Å²) in [6.07, 6.45) is 2.92. The Bertz CT molecular complexity index is 1090. The van der Waals surface area contributed by atoms with Crippen LogP contribution in [0.4, 0.5) is 0 Å². The predicted molar refractivity (Wildman–Crippen MR) is 135 cm³/mol. The average Bonchev–Trinajstić information content (AvgIpc) is 3.24. The van der Waals surface area contributed by atoms with Crippen molar-refractivity contribution in [3.8, 4) is 5.69 Å². The minimum Gasteiger partial charge on any atom is -0.352 e. The molecule has 6 heteroatoms. The molecule has 2 aromatic heterocycles. The van der Waals surface area contributed by atoms with Gasteiger partial charge in [-0.2, -0.15) is 0 Å². The van der Waals surface area contributed by atoms with E-state index in [1.165, 1.54) is 28.2 Å². The van der Waals surface area contributed by atoms with Crippen LogP contribution in [0.1, 0.15) is 46.7 Å². The fourth-order valence-corrected chi connectivity index (χ4v) is 5.15. The van der Waals surface area contributed by atoms with Gasteiger partial charge in [-0.05, 0) is 95.4 Å². The summed E-state index contributed by atoms with van der Waals surface area (Å²) in [5.74, 6) is 0. The van der Waals surface area contributed by atoms with Crippen LogP contribution in [0.15, 0.2) is 54.7 Å². The van der Waals surface area contributed by atoms with Crippen molar-refractivity contribution < 1.29 is 0 Å². The number of hydrogen-bond acceptors (Lipinski definition) is 3. The van der Waals surface area contributed by atoms with Crippen molar-refractivity contribution in [3.05, 3.63) is 82.9 Å². The van der Waals surface area contributed by atoms with Gasteiger partial charge in [0.05, 0.1) is 17.8 Å². The fourth-order valence-electron chi connectivity index (χ4n) is 4.81. The fraction of sp³-hybridized carbons (Fsp3) is 0.385. The average molecular weight is 448 g/mol. The maximum absolute atomic E-state index is 5.84. The molecule has 168 valence electrons. The van der Waals surface area contributed by atoms with E-state index in [0.29, 0.717) is 0 Å². The summed E-state index contributed by atoms with van der Waals surface area (Å²) in [5.41, 5.74) is 7.32. The third kappa shape index (κ3) is 4.30. The largest absolute Gasteiger partial charge is 0.352 e. The van der Waals surface area contributed by atoms with Crippen molar-refractivity contribution in [3.63, 3.8) is 0 Å². The molecule has 0 saturated carbocycles. The highest BCUT2D eigenvalue weighted by Crippen LogP contribution is 2.41. The maximum atomic E-state index is 5.84. The molecule has 3 heterocycles. The maximum Gasteiger partial charge on any atom is 0.170 e. The first-order valence-corrected chi connectivity index (χ1v) is 11.7. The van der Waals surface area contributed by atoms with E-state index in [9.17, 15) is 0 Å². The molecule has 4 rings (SSSR count). The van der Waals surface area contributed by atoms with Crippen molar-refractivity contribution >= 4 is 17.3 Å². The second kappa shape index (κ2) is 9.43. The minimum absolute atomic E-state index is 0.0221. The highest BCUT2D eigenvalue weighted by atomic mass is 32.1. The Labute approximate surface area is 197 Å². The highest BCUT2D eigenvalue weighted by Gasteiger charge is 2.41. The van der Waals surface area contributed by atoms with Crippen LogP contribution >= 0.6 is 12.2 Å². The minimum atomic E-state index is 0.0221. The first kappa shape index (κ1) is 22.5. The van der Waals surface area contributed by atoms with Crippen molar-refractivity contribution in [2.45, 2.75) is 39.3 Å². The molecule has 0 unspecified atom stereocenters. The molecule has 32 heavy (non-hydrogen) atoms. The van der Waals surface area contributed by atoms with Crippen LogP contribution in [0.5, 0.6) is 0 Å². The Morgan fingerprint density at radius 2 is 1.81 bits per heavy atom. The van der Waals surface area contributed by atoms with E-state index in [0.717, 1.165) is 30.3 Å². The molecule has 5 nitrogen and oxygen atoms in total. The first-order valence-electron chi connectivity index (χ1n) is 11.3. The Balaban J connectivity index is 1.78. The van der Waals surface area contributed by atoms with Gasteiger partial charge in [0.15, 0.2) is 5.11 Å². The predicted octanol–water partition coefficient (Wildman–Crippen LogP) is 4.72. The van der Waals surface area contributed by atoms with E-state index in [1.54, 1.807) is 0 Å². The van der Waals surface area contributed by atoms with E-state index in [-0.39, 0.29) is 12.1 Å². The molecule has 2 atom stereocenters.